The zero-order valence-electron chi connectivity index (χ0n) is 19.9. The van der Waals surface area contributed by atoms with Crippen molar-refractivity contribution in [1.29, 1.82) is 0 Å². The van der Waals surface area contributed by atoms with Crippen LogP contribution in [0.1, 0.15) is 56.5 Å². The third-order valence-electron chi connectivity index (χ3n) is 5.30. The molecule has 0 atom stereocenters. The van der Waals surface area contributed by atoms with E-state index in [1.165, 1.54) is 0 Å². The van der Waals surface area contributed by atoms with Gasteiger partial charge in [-0.05, 0) is 64.2 Å². The van der Waals surface area contributed by atoms with E-state index in [2.05, 4.69) is 15.2 Å². The number of likely N-dealkylation sites (tertiary alicyclic amines) is 1. The molecule has 1 aliphatic rings. The highest BCUT2D eigenvalue weighted by molar-refractivity contribution is 14.0. The number of guanidine groups is 1. The van der Waals surface area contributed by atoms with E-state index in [9.17, 15) is 9.59 Å². The molecule has 1 heterocycles. The number of hydrogen-bond acceptors (Lipinski definition) is 4. The summed E-state index contributed by atoms with van der Waals surface area (Å²) in [5.74, 6) is 0.845. The molecule has 2 rings (SSSR count). The monoisotopic (exact) mass is 559 g/mol. The summed E-state index contributed by atoms with van der Waals surface area (Å²) in [7, 11) is 1.77. The summed E-state index contributed by atoms with van der Waals surface area (Å²) in [6.07, 6.45) is 1.72. The van der Waals surface area contributed by atoms with Gasteiger partial charge in [-0.25, -0.2) is 4.79 Å². The van der Waals surface area contributed by atoms with Crippen molar-refractivity contribution >= 4 is 41.9 Å². The topological polar surface area (TPSA) is 100 Å². The number of piperidine rings is 1. The molecule has 1 saturated heterocycles. The number of aliphatic imine (C=N–C) groups is 1. The van der Waals surface area contributed by atoms with Crippen LogP contribution in [0.2, 0.25) is 0 Å². The number of nitrogens with zero attached hydrogens (tertiary/aromatic N) is 3. The number of amides is 2. The highest BCUT2D eigenvalue weighted by Gasteiger charge is 2.27. The van der Waals surface area contributed by atoms with Crippen LogP contribution in [0, 0.1) is 5.92 Å². The molecule has 32 heavy (non-hydrogen) atoms. The van der Waals surface area contributed by atoms with Crippen molar-refractivity contribution in [2.24, 2.45) is 16.6 Å². The first-order chi connectivity index (χ1) is 14.6. The summed E-state index contributed by atoms with van der Waals surface area (Å²) in [5, 5.41) is 3.37. The summed E-state index contributed by atoms with van der Waals surface area (Å²) in [6.45, 7) is 11.3. The Morgan fingerprint density at radius 1 is 1.28 bits per heavy atom. The summed E-state index contributed by atoms with van der Waals surface area (Å²) in [6, 6.07) is 7.29. The van der Waals surface area contributed by atoms with Gasteiger partial charge in [-0.3, -0.25) is 9.79 Å². The van der Waals surface area contributed by atoms with Gasteiger partial charge in [0.25, 0.3) is 0 Å². The first-order valence-electron chi connectivity index (χ1n) is 10.9. The average molecular weight is 559 g/mol. The van der Waals surface area contributed by atoms with Crippen molar-refractivity contribution < 1.29 is 14.3 Å². The minimum Gasteiger partial charge on any atom is -0.444 e. The van der Waals surface area contributed by atoms with E-state index in [0.29, 0.717) is 31.1 Å². The van der Waals surface area contributed by atoms with Crippen molar-refractivity contribution in [2.45, 2.75) is 52.7 Å². The van der Waals surface area contributed by atoms with E-state index >= 15 is 0 Å². The fourth-order valence-corrected chi connectivity index (χ4v) is 3.65. The molecule has 0 bridgehead atoms. The molecule has 1 aromatic rings. The van der Waals surface area contributed by atoms with Gasteiger partial charge in [-0.2, -0.15) is 0 Å². The molecule has 1 aromatic carbocycles. The number of benzene rings is 1. The van der Waals surface area contributed by atoms with E-state index in [-0.39, 0.29) is 30.1 Å². The van der Waals surface area contributed by atoms with Crippen LogP contribution < -0.4 is 11.1 Å². The fraction of sp³-hybridized carbons (Fsp3) is 0.609. The van der Waals surface area contributed by atoms with Gasteiger partial charge in [0.2, 0.25) is 5.91 Å². The number of nitrogens with two attached hydrogens (primary N) is 1. The zero-order valence-corrected chi connectivity index (χ0v) is 22.2. The number of rotatable bonds is 6. The maximum atomic E-state index is 12.4. The molecule has 1 aliphatic heterocycles. The third kappa shape index (κ3) is 8.84. The maximum Gasteiger partial charge on any atom is 0.410 e. The molecular weight excluding hydrogens is 521 g/mol. The van der Waals surface area contributed by atoms with Gasteiger partial charge in [0.15, 0.2) is 5.96 Å². The second-order valence-electron chi connectivity index (χ2n) is 8.91. The van der Waals surface area contributed by atoms with Crippen molar-refractivity contribution in [2.75, 3.05) is 33.2 Å². The molecule has 1 fully saturated rings. The predicted molar refractivity (Wildman–Crippen MR) is 138 cm³/mol. The quantitative estimate of drug-likeness (QED) is 0.316. The van der Waals surface area contributed by atoms with Gasteiger partial charge in [0.1, 0.15) is 5.60 Å². The van der Waals surface area contributed by atoms with Crippen LogP contribution in [0.25, 0.3) is 0 Å². The smallest absolute Gasteiger partial charge is 0.410 e. The molecule has 3 N–H and O–H groups in total. The van der Waals surface area contributed by atoms with Crippen LogP contribution in [0.15, 0.2) is 29.3 Å². The number of hydrogen-bond donors (Lipinski definition) is 2. The zero-order chi connectivity index (χ0) is 23.0. The Kier molecular flexibility index (Phi) is 11.2. The second-order valence-corrected chi connectivity index (χ2v) is 8.91. The number of carbonyl (C=O) groups excluding carboxylic acids is 2. The molecule has 0 radical (unpaired) electrons. The Balaban J connectivity index is 0.00000512. The average Bonchev–Trinajstić information content (AvgIpc) is 2.72. The van der Waals surface area contributed by atoms with Crippen molar-refractivity contribution in [3.63, 3.8) is 0 Å². The maximum absolute atomic E-state index is 12.4. The van der Waals surface area contributed by atoms with E-state index < -0.39 is 11.5 Å². The van der Waals surface area contributed by atoms with Crippen LogP contribution >= 0.6 is 24.0 Å². The standard InChI is InChI=1S/C23H37N5O3.HI/c1-6-27(22(30)31-23(2,3)4)16-17-10-12-28(13-11-17)21(25-5)26-15-18-8-7-9-19(14-18)20(24)29;/h7-9,14,17H,6,10-13,15-16H2,1-5H3,(H2,24,29)(H,25,26);1H. The van der Waals surface area contributed by atoms with Gasteiger partial charge in [-0.15, -0.1) is 24.0 Å². The summed E-state index contributed by atoms with van der Waals surface area (Å²) in [5.41, 5.74) is 6.36. The van der Waals surface area contributed by atoms with Crippen LogP contribution in [0.4, 0.5) is 4.79 Å². The van der Waals surface area contributed by atoms with Gasteiger partial charge < -0.3 is 25.6 Å². The Bertz CT molecular complexity index is 786. The molecule has 2 amide bonds. The largest absolute Gasteiger partial charge is 0.444 e. The number of carbonyl (C=O) groups is 2. The lowest BCUT2D eigenvalue weighted by atomic mass is 9.96. The Labute approximate surface area is 209 Å². The normalized spacial score (nSPS) is 15.0. The lowest BCUT2D eigenvalue weighted by molar-refractivity contribution is 0.0214. The first-order valence-corrected chi connectivity index (χ1v) is 10.9. The van der Waals surface area contributed by atoms with Crippen LogP contribution in [0.3, 0.4) is 0 Å². The van der Waals surface area contributed by atoms with E-state index in [1.807, 2.05) is 39.8 Å². The highest BCUT2D eigenvalue weighted by atomic mass is 127. The number of primary amides is 1. The molecule has 180 valence electrons. The van der Waals surface area contributed by atoms with E-state index in [4.69, 9.17) is 10.5 Å². The predicted octanol–water partition coefficient (Wildman–Crippen LogP) is 3.45. The number of nitrogens with one attached hydrogen (secondary N) is 1. The van der Waals surface area contributed by atoms with Crippen molar-refractivity contribution in [3.8, 4) is 0 Å². The van der Waals surface area contributed by atoms with Gasteiger partial charge in [0.05, 0.1) is 0 Å². The Morgan fingerprint density at radius 2 is 1.94 bits per heavy atom. The molecule has 0 spiro atoms. The molecule has 0 aliphatic carbocycles. The Morgan fingerprint density at radius 3 is 2.47 bits per heavy atom. The molecule has 9 heteroatoms. The summed E-state index contributed by atoms with van der Waals surface area (Å²) in [4.78, 5) is 32.2. The van der Waals surface area contributed by atoms with Crippen molar-refractivity contribution in [3.05, 3.63) is 35.4 Å². The van der Waals surface area contributed by atoms with Crippen LogP contribution in [0.5, 0.6) is 0 Å². The summed E-state index contributed by atoms with van der Waals surface area (Å²) < 4.78 is 5.52. The number of halogens is 1. The third-order valence-corrected chi connectivity index (χ3v) is 5.30. The molecule has 8 nitrogen and oxygen atoms in total. The van der Waals surface area contributed by atoms with Crippen LogP contribution in [-0.4, -0.2) is 66.6 Å². The lowest BCUT2D eigenvalue weighted by Gasteiger charge is -2.36. The lowest BCUT2D eigenvalue weighted by Crippen LogP contribution is -2.47. The van der Waals surface area contributed by atoms with Crippen LogP contribution in [-0.2, 0) is 11.3 Å². The van der Waals surface area contributed by atoms with E-state index in [0.717, 1.165) is 37.5 Å². The van der Waals surface area contributed by atoms with Crippen molar-refractivity contribution in [1.82, 2.24) is 15.1 Å². The van der Waals surface area contributed by atoms with E-state index in [1.54, 1.807) is 24.1 Å². The molecule has 0 saturated carbocycles. The van der Waals surface area contributed by atoms with Gasteiger partial charge in [-0.1, -0.05) is 12.1 Å². The minimum absolute atomic E-state index is 0. The number of ether oxygens (including phenoxy) is 1. The first kappa shape index (κ1) is 28.0. The molecule has 0 unspecified atom stereocenters. The highest BCUT2D eigenvalue weighted by Crippen LogP contribution is 2.20. The molecular formula is C23H38IN5O3. The SMILES string of the molecule is CCN(CC1CCN(C(=NC)NCc2cccc(C(N)=O)c2)CC1)C(=O)OC(C)(C)C.I. The molecule has 0 aromatic heterocycles. The Hall–Kier alpha value is -2.04. The summed E-state index contributed by atoms with van der Waals surface area (Å²) >= 11 is 0. The fourth-order valence-electron chi connectivity index (χ4n) is 3.65. The van der Waals surface area contributed by atoms with Gasteiger partial charge >= 0.3 is 6.09 Å². The minimum atomic E-state index is -0.483. The van der Waals surface area contributed by atoms with Gasteiger partial charge in [0, 0.05) is 45.3 Å². The second kappa shape index (κ2) is 12.9.